The van der Waals surface area contributed by atoms with Gasteiger partial charge < -0.3 is 4.74 Å². The summed E-state index contributed by atoms with van der Waals surface area (Å²) in [5.41, 5.74) is 0.925. The lowest BCUT2D eigenvalue weighted by Crippen LogP contribution is -2.22. The fourth-order valence-electron chi connectivity index (χ4n) is 1.58. The Morgan fingerprint density at radius 1 is 1.22 bits per heavy atom. The topological polar surface area (TPSA) is 26.3 Å². The van der Waals surface area contributed by atoms with Crippen LogP contribution in [0.5, 0.6) is 0 Å². The molecule has 1 aromatic rings. The first-order valence-electron chi connectivity index (χ1n) is 6.41. The van der Waals surface area contributed by atoms with Crippen LogP contribution in [-0.2, 0) is 16.0 Å². The summed E-state index contributed by atoms with van der Waals surface area (Å²) in [6.07, 6.45) is 6.39. The average molecular weight is 246 g/mol. The van der Waals surface area contributed by atoms with Gasteiger partial charge in [0.1, 0.15) is 5.60 Å². The summed E-state index contributed by atoms with van der Waals surface area (Å²) in [4.78, 5) is 11.4. The minimum atomic E-state index is -0.411. The molecule has 0 fully saturated rings. The number of rotatable bonds is 5. The highest BCUT2D eigenvalue weighted by Gasteiger charge is 2.13. The van der Waals surface area contributed by atoms with E-state index in [4.69, 9.17) is 4.74 Å². The quantitative estimate of drug-likeness (QED) is 0.447. The molecule has 0 atom stereocenters. The zero-order chi connectivity index (χ0) is 13.4. The molecule has 0 aromatic heterocycles. The number of hydrogen-bond donors (Lipinski definition) is 0. The molecule has 0 radical (unpaired) electrons. The van der Waals surface area contributed by atoms with Crippen LogP contribution in [0, 0.1) is 0 Å². The smallest absolute Gasteiger partial charge is 0.330 e. The molecule has 0 aliphatic carbocycles. The number of benzene rings is 1. The van der Waals surface area contributed by atoms with Crippen molar-refractivity contribution in [2.75, 3.05) is 0 Å². The van der Waals surface area contributed by atoms with Gasteiger partial charge in [-0.1, -0.05) is 36.4 Å². The third kappa shape index (κ3) is 6.89. The van der Waals surface area contributed by atoms with Gasteiger partial charge in [-0.25, -0.2) is 4.79 Å². The van der Waals surface area contributed by atoms with Gasteiger partial charge in [-0.3, -0.25) is 0 Å². The van der Waals surface area contributed by atoms with Crippen LogP contribution in [-0.4, -0.2) is 11.6 Å². The summed E-state index contributed by atoms with van der Waals surface area (Å²) in [5.74, 6) is -0.262. The van der Waals surface area contributed by atoms with Crippen molar-refractivity contribution in [1.82, 2.24) is 0 Å². The Morgan fingerprint density at radius 3 is 2.50 bits per heavy atom. The number of carbonyl (C=O) groups is 1. The van der Waals surface area contributed by atoms with Crippen molar-refractivity contribution in [2.45, 2.75) is 45.6 Å². The van der Waals surface area contributed by atoms with Gasteiger partial charge in [0.05, 0.1) is 0 Å². The molecule has 18 heavy (non-hydrogen) atoms. The van der Waals surface area contributed by atoms with E-state index in [-0.39, 0.29) is 5.97 Å². The van der Waals surface area contributed by atoms with E-state index in [1.165, 1.54) is 11.6 Å². The van der Waals surface area contributed by atoms with E-state index in [1.807, 2.05) is 45.0 Å². The van der Waals surface area contributed by atoms with E-state index in [0.29, 0.717) is 0 Å². The van der Waals surface area contributed by atoms with Crippen LogP contribution in [0.4, 0.5) is 0 Å². The zero-order valence-corrected chi connectivity index (χ0v) is 11.5. The monoisotopic (exact) mass is 246 g/mol. The van der Waals surface area contributed by atoms with Gasteiger partial charge in [0, 0.05) is 6.08 Å². The van der Waals surface area contributed by atoms with Crippen molar-refractivity contribution in [1.29, 1.82) is 0 Å². The summed E-state index contributed by atoms with van der Waals surface area (Å²) in [7, 11) is 0. The lowest BCUT2D eigenvalue weighted by molar-refractivity contribution is -0.148. The summed E-state index contributed by atoms with van der Waals surface area (Å²) in [5, 5.41) is 0. The molecule has 0 spiro atoms. The maximum atomic E-state index is 11.4. The van der Waals surface area contributed by atoms with Gasteiger partial charge in [-0.15, -0.1) is 0 Å². The minimum Gasteiger partial charge on any atom is -0.457 e. The number of unbranched alkanes of at least 4 members (excludes halogenated alkanes) is 1. The second-order valence-electron chi connectivity index (χ2n) is 5.31. The second-order valence-corrected chi connectivity index (χ2v) is 5.31. The fraction of sp³-hybridized carbons (Fsp3) is 0.438. The number of hydrogen-bond acceptors (Lipinski definition) is 2. The van der Waals surface area contributed by atoms with E-state index in [1.54, 1.807) is 0 Å². The maximum absolute atomic E-state index is 11.4. The molecule has 1 aromatic carbocycles. The Hall–Kier alpha value is -1.57. The maximum Gasteiger partial charge on any atom is 0.330 e. The highest BCUT2D eigenvalue weighted by molar-refractivity contribution is 5.82. The molecule has 0 aliphatic rings. The molecule has 0 aliphatic heterocycles. The third-order valence-corrected chi connectivity index (χ3v) is 2.34. The molecule has 0 unspecified atom stereocenters. The number of ether oxygens (including phenoxy) is 1. The number of aryl methyl sites for hydroxylation is 1. The van der Waals surface area contributed by atoms with Crippen molar-refractivity contribution in [3.05, 3.63) is 48.0 Å². The van der Waals surface area contributed by atoms with Crippen LogP contribution in [0.1, 0.15) is 39.2 Å². The first kappa shape index (κ1) is 14.5. The summed E-state index contributed by atoms with van der Waals surface area (Å²) < 4.78 is 5.18. The molecule has 2 nitrogen and oxygen atoms in total. The molecule has 0 bridgehead atoms. The van der Waals surface area contributed by atoms with E-state index in [9.17, 15) is 4.79 Å². The summed E-state index contributed by atoms with van der Waals surface area (Å²) >= 11 is 0. The predicted molar refractivity (Wildman–Crippen MR) is 74.4 cm³/mol. The highest BCUT2D eigenvalue weighted by Crippen LogP contribution is 2.08. The first-order valence-corrected chi connectivity index (χ1v) is 6.41. The van der Waals surface area contributed by atoms with Crippen LogP contribution in [0.25, 0.3) is 0 Å². The van der Waals surface area contributed by atoms with Gasteiger partial charge in [-0.2, -0.15) is 0 Å². The molecule has 0 saturated heterocycles. The van der Waals surface area contributed by atoms with Crippen LogP contribution in [0.3, 0.4) is 0 Å². The lowest BCUT2D eigenvalue weighted by Gasteiger charge is -2.17. The zero-order valence-electron chi connectivity index (χ0n) is 11.5. The SMILES string of the molecule is CC(C)(C)OC(=O)C=CCCCc1ccccc1. The molecular formula is C16H22O2. The first-order chi connectivity index (χ1) is 8.47. The molecule has 2 heteroatoms. The normalized spacial score (nSPS) is 11.7. The van der Waals surface area contributed by atoms with Gasteiger partial charge >= 0.3 is 5.97 Å². The Labute approximate surface area is 110 Å². The number of carbonyl (C=O) groups excluding carboxylic acids is 1. The highest BCUT2D eigenvalue weighted by atomic mass is 16.6. The molecule has 1 rings (SSSR count). The lowest BCUT2D eigenvalue weighted by atomic mass is 10.1. The Balaban J connectivity index is 2.20. The van der Waals surface area contributed by atoms with E-state index in [2.05, 4.69) is 12.1 Å². The number of esters is 1. The molecule has 98 valence electrons. The van der Waals surface area contributed by atoms with Crippen molar-refractivity contribution in [3.8, 4) is 0 Å². The van der Waals surface area contributed by atoms with Crippen molar-refractivity contribution >= 4 is 5.97 Å². The minimum absolute atomic E-state index is 0.262. The van der Waals surface area contributed by atoms with E-state index < -0.39 is 5.60 Å². The van der Waals surface area contributed by atoms with Crippen molar-refractivity contribution in [2.24, 2.45) is 0 Å². The molecule has 0 N–H and O–H groups in total. The molecular weight excluding hydrogens is 224 g/mol. The van der Waals surface area contributed by atoms with Gasteiger partial charge in [0.25, 0.3) is 0 Å². The van der Waals surface area contributed by atoms with Crippen LogP contribution in [0.2, 0.25) is 0 Å². The Morgan fingerprint density at radius 2 is 1.89 bits per heavy atom. The summed E-state index contributed by atoms with van der Waals surface area (Å²) in [6.45, 7) is 5.61. The third-order valence-electron chi connectivity index (χ3n) is 2.34. The number of allylic oxidation sites excluding steroid dienone is 1. The Kier molecular flexibility index (Phi) is 5.63. The van der Waals surface area contributed by atoms with Crippen molar-refractivity contribution in [3.63, 3.8) is 0 Å². The second kappa shape index (κ2) is 7.00. The van der Waals surface area contributed by atoms with Gasteiger partial charge in [-0.05, 0) is 45.6 Å². The van der Waals surface area contributed by atoms with Gasteiger partial charge in [0.2, 0.25) is 0 Å². The molecule has 0 saturated carbocycles. The summed E-state index contributed by atoms with van der Waals surface area (Å²) in [6, 6.07) is 10.4. The largest absolute Gasteiger partial charge is 0.457 e. The average Bonchev–Trinajstić information content (AvgIpc) is 2.27. The van der Waals surface area contributed by atoms with Crippen molar-refractivity contribution < 1.29 is 9.53 Å². The van der Waals surface area contributed by atoms with Gasteiger partial charge in [0.15, 0.2) is 0 Å². The van der Waals surface area contributed by atoms with Crippen LogP contribution < -0.4 is 0 Å². The standard InChI is InChI=1S/C16H22O2/c1-16(2,3)18-15(17)13-9-5-8-12-14-10-6-4-7-11-14/h4,6-7,9-11,13H,5,8,12H2,1-3H3. The molecule has 0 amide bonds. The predicted octanol–water partition coefficient (Wildman–Crippen LogP) is 3.91. The van der Waals surface area contributed by atoms with Crippen LogP contribution in [0.15, 0.2) is 42.5 Å². The van der Waals surface area contributed by atoms with E-state index >= 15 is 0 Å². The van der Waals surface area contributed by atoms with Crippen LogP contribution >= 0.6 is 0 Å². The Bertz CT molecular complexity index is 385. The molecule has 0 heterocycles. The fourth-order valence-corrected chi connectivity index (χ4v) is 1.58. The van der Waals surface area contributed by atoms with E-state index in [0.717, 1.165) is 19.3 Å².